The Morgan fingerprint density at radius 1 is 1.03 bits per heavy atom. The van der Waals surface area contributed by atoms with Gasteiger partial charge in [0.1, 0.15) is 12.1 Å². The summed E-state index contributed by atoms with van der Waals surface area (Å²) in [6.07, 6.45) is 7.46. The van der Waals surface area contributed by atoms with Gasteiger partial charge in [-0.15, -0.1) is 0 Å². The molecule has 0 radical (unpaired) electrons. The van der Waals surface area contributed by atoms with Crippen molar-refractivity contribution in [1.29, 1.82) is 0 Å². The lowest BCUT2D eigenvalue weighted by atomic mass is 9.62. The van der Waals surface area contributed by atoms with Gasteiger partial charge >= 0.3 is 0 Å². The van der Waals surface area contributed by atoms with Crippen LogP contribution in [0.25, 0.3) is 0 Å². The van der Waals surface area contributed by atoms with Gasteiger partial charge in [0.25, 0.3) is 5.92 Å². The summed E-state index contributed by atoms with van der Waals surface area (Å²) in [5.41, 5.74) is 2.47. The minimum Gasteiger partial charge on any atom is -0.512 e. The number of aldehydes is 1. The molecule has 2 heterocycles. The second-order valence-corrected chi connectivity index (χ2v) is 9.45. The number of benzene rings is 1. The Balaban J connectivity index is 1.50. The summed E-state index contributed by atoms with van der Waals surface area (Å²) in [7, 11) is 0. The van der Waals surface area contributed by atoms with E-state index in [1.165, 1.54) is 0 Å². The van der Waals surface area contributed by atoms with Crippen molar-refractivity contribution in [1.82, 2.24) is 4.98 Å². The third-order valence-corrected chi connectivity index (χ3v) is 7.46. The SMILES string of the molecule is O=CC1CCN(c2ccc([C@@H]3C4=CC=C(O)CC4C(F)(F)C[C@@H]3c3ccccc3)cn2)CC1. The molecule has 2 aliphatic carbocycles. The Bertz CT molecular complexity index is 1060. The van der Waals surface area contributed by atoms with Crippen molar-refractivity contribution < 1.29 is 18.7 Å². The van der Waals surface area contributed by atoms with Crippen molar-refractivity contribution in [3.8, 4) is 0 Å². The van der Waals surface area contributed by atoms with Gasteiger partial charge in [-0.1, -0.05) is 48.0 Å². The standard InChI is InChI=1S/C27H28F2N2O2/c28-27(29)15-23(19-4-2-1-3-5-19)26(22-8-7-21(33)14-24(22)27)20-6-9-25(30-16-20)31-12-10-18(17-32)11-13-31/h1-9,16-18,23-24,26,33H,10-15H2/t23-,24?,26-/m1/s1. The number of carbonyl (C=O) groups is 1. The zero-order chi connectivity index (χ0) is 23.0. The number of allylic oxidation sites excluding steroid dienone is 4. The lowest BCUT2D eigenvalue weighted by molar-refractivity contribution is -0.111. The van der Waals surface area contributed by atoms with Crippen LogP contribution in [0.3, 0.4) is 0 Å². The Morgan fingerprint density at radius 2 is 1.79 bits per heavy atom. The minimum atomic E-state index is -2.90. The van der Waals surface area contributed by atoms with Gasteiger partial charge in [0.05, 0.1) is 11.7 Å². The summed E-state index contributed by atoms with van der Waals surface area (Å²) < 4.78 is 30.6. The predicted octanol–water partition coefficient (Wildman–Crippen LogP) is 5.79. The van der Waals surface area contributed by atoms with Crippen LogP contribution < -0.4 is 4.90 Å². The van der Waals surface area contributed by atoms with Crippen molar-refractivity contribution in [2.45, 2.75) is 43.4 Å². The van der Waals surface area contributed by atoms with E-state index in [-0.39, 0.29) is 36.4 Å². The Morgan fingerprint density at radius 3 is 2.45 bits per heavy atom. The van der Waals surface area contributed by atoms with E-state index in [1.54, 1.807) is 12.2 Å². The quantitative estimate of drug-likeness (QED) is 0.599. The average Bonchev–Trinajstić information content (AvgIpc) is 2.85. The maximum Gasteiger partial charge on any atom is 0.255 e. The van der Waals surface area contributed by atoms with Gasteiger partial charge in [0, 0.05) is 49.9 Å². The molecule has 33 heavy (non-hydrogen) atoms. The zero-order valence-corrected chi connectivity index (χ0v) is 18.4. The molecule has 0 amide bonds. The van der Waals surface area contributed by atoms with Gasteiger partial charge in [-0.2, -0.15) is 0 Å². The average molecular weight is 451 g/mol. The molecule has 1 aromatic carbocycles. The largest absolute Gasteiger partial charge is 0.512 e. The molecule has 1 aliphatic heterocycles. The highest BCUT2D eigenvalue weighted by molar-refractivity contribution is 5.55. The lowest BCUT2D eigenvalue weighted by Gasteiger charge is -2.45. The highest BCUT2D eigenvalue weighted by Gasteiger charge is 2.53. The molecule has 3 atom stereocenters. The molecule has 1 aromatic heterocycles. The number of piperidine rings is 1. The van der Waals surface area contributed by atoms with Crippen LogP contribution >= 0.6 is 0 Å². The van der Waals surface area contributed by atoms with Crippen LogP contribution in [0.2, 0.25) is 0 Å². The molecule has 1 saturated heterocycles. The number of halogens is 2. The van der Waals surface area contributed by atoms with E-state index in [0.29, 0.717) is 5.57 Å². The first kappa shape index (κ1) is 21.8. The number of anilines is 1. The van der Waals surface area contributed by atoms with E-state index in [9.17, 15) is 9.90 Å². The number of hydrogen-bond donors (Lipinski definition) is 1. The molecule has 6 heteroatoms. The first-order chi connectivity index (χ1) is 16.0. The number of fused-ring (bicyclic) bond motifs is 1. The maximum atomic E-state index is 15.3. The third kappa shape index (κ3) is 4.19. The van der Waals surface area contributed by atoms with E-state index >= 15 is 8.78 Å². The Kier molecular flexibility index (Phi) is 5.77. The number of carbonyl (C=O) groups excluding carboxylic acids is 1. The number of nitrogens with zero attached hydrogens (tertiary/aromatic N) is 2. The van der Waals surface area contributed by atoms with Crippen LogP contribution in [-0.4, -0.2) is 35.4 Å². The minimum absolute atomic E-state index is 0.00698. The van der Waals surface area contributed by atoms with Crippen LogP contribution in [0.15, 0.2) is 72.1 Å². The van der Waals surface area contributed by atoms with Crippen molar-refractivity contribution >= 4 is 12.1 Å². The fraction of sp³-hybridized carbons (Fsp3) is 0.407. The number of alkyl halides is 2. The molecule has 3 aliphatic rings. The number of aromatic nitrogens is 1. The number of rotatable bonds is 4. The van der Waals surface area contributed by atoms with Crippen molar-refractivity contribution in [3.63, 3.8) is 0 Å². The van der Waals surface area contributed by atoms with E-state index in [4.69, 9.17) is 4.98 Å². The summed E-state index contributed by atoms with van der Waals surface area (Å²) in [4.78, 5) is 17.9. The van der Waals surface area contributed by atoms with E-state index in [0.717, 1.165) is 49.2 Å². The normalized spacial score (nSPS) is 27.3. The Hall–Kier alpha value is -3.02. The topological polar surface area (TPSA) is 53.4 Å². The molecule has 2 fully saturated rings. The molecule has 1 N–H and O–H groups in total. The van der Waals surface area contributed by atoms with Crippen LogP contribution in [0, 0.1) is 11.8 Å². The van der Waals surface area contributed by atoms with Crippen LogP contribution in [0.1, 0.15) is 48.6 Å². The molecule has 172 valence electrons. The molecule has 1 saturated carbocycles. The Labute approximate surface area is 192 Å². The van der Waals surface area contributed by atoms with Crippen molar-refractivity contribution in [2.24, 2.45) is 11.8 Å². The van der Waals surface area contributed by atoms with Gasteiger partial charge in [0.15, 0.2) is 0 Å². The third-order valence-electron chi connectivity index (χ3n) is 7.46. The predicted molar refractivity (Wildman–Crippen MR) is 124 cm³/mol. The monoisotopic (exact) mass is 450 g/mol. The molecular weight excluding hydrogens is 422 g/mol. The van der Waals surface area contributed by atoms with Gasteiger partial charge in [-0.05, 0) is 36.1 Å². The smallest absolute Gasteiger partial charge is 0.255 e. The molecule has 0 spiro atoms. The molecule has 1 unspecified atom stereocenters. The van der Waals surface area contributed by atoms with Crippen LogP contribution in [0.4, 0.5) is 14.6 Å². The summed E-state index contributed by atoms with van der Waals surface area (Å²) in [6.45, 7) is 1.57. The molecule has 0 bridgehead atoms. The highest BCUT2D eigenvalue weighted by atomic mass is 19.3. The van der Waals surface area contributed by atoms with E-state index < -0.39 is 11.8 Å². The molecule has 4 nitrogen and oxygen atoms in total. The summed E-state index contributed by atoms with van der Waals surface area (Å²) in [6, 6.07) is 13.5. The summed E-state index contributed by atoms with van der Waals surface area (Å²) >= 11 is 0. The fourth-order valence-corrected chi connectivity index (χ4v) is 5.67. The number of hydrogen-bond acceptors (Lipinski definition) is 4. The van der Waals surface area contributed by atoms with Gasteiger partial charge in [-0.25, -0.2) is 13.8 Å². The molecule has 2 aromatic rings. The highest BCUT2D eigenvalue weighted by Crippen LogP contribution is 2.57. The van der Waals surface area contributed by atoms with Crippen LogP contribution in [-0.2, 0) is 4.79 Å². The first-order valence-corrected chi connectivity index (χ1v) is 11.6. The van der Waals surface area contributed by atoms with Gasteiger partial charge < -0.3 is 14.8 Å². The lowest BCUT2D eigenvalue weighted by Crippen LogP contribution is -2.41. The van der Waals surface area contributed by atoms with Gasteiger partial charge in [0.2, 0.25) is 0 Å². The van der Waals surface area contributed by atoms with Crippen molar-refractivity contribution in [3.05, 3.63) is 83.3 Å². The first-order valence-electron chi connectivity index (χ1n) is 11.6. The van der Waals surface area contributed by atoms with E-state index in [1.807, 2.05) is 48.7 Å². The van der Waals surface area contributed by atoms with Gasteiger partial charge in [-0.3, -0.25) is 0 Å². The fourth-order valence-electron chi connectivity index (χ4n) is 5.67. The number of aliphatic hydroxyl groups excluding tert-OH is 1. The van der Waals surface area contributed by atoms with E-state index in [2.05, 4.69) is 4.90 Å². The second-order valence-electron chi connectivity index (χ2n) is 9.45. The molecule has 5 rings (SSSR count). The number of pyridine rings is 1. The van der Waals surface area contributed by atoms with Crippen LogP contribution in [0.5, 0.6) is 0 Å². The summed E-state index contributed by atoms with van der Waals surface area (Å²) in [5, 5.41) is 9.98. The summed E-state index contributed by atoms with van der Waals surface area (Å²) in [5.74, 6) is -3.54. The molecular formula is C27H28F2N2O2. The zero-order valence-electron chi connectivity index (χ0n) is 18.4. The maximum absolute atomic E-state index is 15.3. The van der Waals surface area contributed by atoms with Crippen molar-refractivity contribution in [2.75, 3.05) is 18.0 Å². The number of aliphatic hydroxyl groups is 1. The second kappa shape index (κ2) is 8.73.